The maximum absolute atomic E-state index is 13.1. The summed E-state index contributed by atoms with van der Waals surface area (Å²) in [5.74, 6) is 1.32. The van der Waals surface area contributed by atoms with Crippen LogP contribution in [0.2, 0.25) is 0 Å². The second-order valence-electron chi connectivity index (χ2n) is 6.26. The highest BCUT2D eigenvalue weighted by Crippen LogP contribution is 2.23. The highest BCUT2D eigenvalue weighted by Gasteiger charge is 2.12. The number of furan rings is 1. The normalized spacial score (nSPS) is 12.1. The molecule has 0 spiro atoms. The summed E-state index contributed by atoms with van der Waals surface area (Å²) in [5.41, 5.74) is 1.35. The summed E-state index contributed by atoms with van der Waals surface area (Å²) in [6.45, 7) is 0. The molecule has 142 valence electrons. The minimum atomic E-state index is -0.306. The lowest BCUT2D eigenvalue weighted by Gasteiger charge is -1.95. The van der Waals surface area contributed by atoms with Gasteiger partial charge in [-0.2, -0.15) is 9.50 Å². The number of rotatable bonds is 3. The lowest BCUT2D eigenvalue weighted by molar-refractivity contribution is 0.571. The van der Waals surface area contributed by atoms with Crippen molar-refractivity contribution < 1.29 is 8.81 Å². The van der Waals surface area contributed by atoms with Crippen LogP contribution in [0.4, 0.5) is 4.39 Å². The Labute approximate surface area is 175 Å². The van der Waals surface area contributed by atoms with Gasteiger partial charge in [-0.25, -0.2) is 4.39 Å². The van der Waals surface area contributed by atoms with Gasteiger partial charge in [0.2, 0.25) is 4.96 Å². The molecule has 5 nitrogen and oxygen atoms in total. The second kappa shape index (κ2) is 7.06. The number of thiazole rings is 1. The monoisotopic (exact) mass is 467 g/mol. The van der Waals surface area contributed by atoms with Gasteiger partial charge in [0.25, 0.3) is 5.56 Å². The number of hydrogen-bond donors (Lipinski definition) is 0. The Kier molecular flexibility index (Phi) is 4.37. The summed E-state index contributed by atoms with van der Waals surface area (Å²) in [7, 11) is 0. The van der Waals surface area contributed by atoms with Crippen LogP contribution in [0.15, 0.2) is 74.3 Å². The predicted molar refractivity (Wildman–Crippen MR) is 113 cm³/mol. The van der Waals surface area contributed by atoms with Crippen LogP contribution in [-0.4, -0.2) is 14.6 Å². The lowest BCUT2D eigenvalue weighted by atomic mass is 10.2. The van der Waals surface area contributed by atoms with Crippen molar-refractivity contribution >= 4 is 38.3 Å². The molecule has 0 unspecified atom stereocenters. The molecule has 0 saturated carbocycles. The van der Waals surface area contributed by atoms with E-state index in [2.05, 4.69) is 26.0 Å². The van der Waals surface area contributed by atoms with E-state index in [-0.39, 0.29) is 11.4 Å². The molecule has 5 rings (SSSR count). The van der Waals surface area contributed by atoms with E-state index in [9.17, 15) is 9.18 Å². The molecule has 0 aliphatic heterocycles. The van der Waals surface area contributed by atoms with Gasteiger partial charge in [-0.05, 0) is 48.5 Å². The van der Waals surface area contributed by atoms with Gasteiger partial charge in [0.15, 0.2) is 5.82 Å². The first-order chi connectivity index (χ1) is 14.1. The minimum Gasteiger partial charge on any atom is -0.457 e. The molecule has 0 N–H and O–H groups in total. The molecular formula is C21H11BrFN3O2S. The van der Waals surface area contributed by atoms with Gasteiger partial charge in [0, 0.05) is 21.7 Å². The SMILES string of the molecule is O=c1/c(=C/c2ccc(-c3ccc(F)cc3)o2)sc2nc(-c3ccc(Br)cc3)nn12. The smallest absolute Gasteiger partial charge is 0.291 e. The molecule has 8 heteroatoms. The van der Waals surface area contributed by atoms with E-state index in [1.807, 2.05) is 24.3 Å². The van der Waals surface area contributed by atoms with E-state index >= 15 is 0 Å². The van der Waals surface area contributed by atoms with Gasteiger partial charge < -0.3 is 4.42 Å². The van der Waals surface area contributed by atoms with Crippen molar-refractivity contribution in [2.45, 2.75) is 0 Å². The third-order valence-corrected chi connectivity index (χ3v) is 5.80. The maximum Gasteiger partial charge on any atom is 0.291 e. The second-order valence-corrected chi connectivity index (χ2v) is 8.19. The zero-order chi connectivity index (χ0) is 20.0. The number of hydrogen-bond acceptors (Lipinski definition) is 5. The van der Waals surface area contributed by atoms with Gasteiger partial charge in [-0.1, -0.05) is 39.4 Å². The van der Waals surface area contributed by atoms with Crippen LogP contribution in [0.25, 0.3) is 33.7 Å². The molecule has 0 aliphatic rings. The van der Waals surface area contributed by atoms with Crippen molar-refractivity contribution in [2.24, 2.45) is 0 Å². The molecule has 29 heavy (non-hydrogen) atoms. The van der Waals surface area contributed by atoms with E-state index < -0.39 is 0 Å². The molecule has 2 aromatic carbocycles. The lowest BCUT2D eigenvalue weighted by Crippen LogP contribution is -2.23. The summed E-state index contributed by atoms with van der Waals surface area (Å²) < 4.78 is 21.6. The van der Waals surface area contributed by atoms with E-state index in [0.29, 0.717) is 26.8 Å². The summed E-state index contributed by atoms with van der Waals surface area (Å²) in [5, 5.41) is 4.34. The topological polar surface area (TPSA) is 60.4 Å². The number of fused-ring (bicyclic) bond motifs is 1. The van der Waals surface area contributed by atoms with Crippen molar-refractivity contribution in [3.63, 3.8) is 0 Å². The summed E-state index contributed by atoms with van der Waals surface area (Å²) in [6, 6.07) is 17.2. The average Bonchev–Trinajstić information content (AvgIpc) is 3.41. The Balaban J connectivity index is 1.51. The standard InChI is InChI=1S/C21H11BrFN3O2S/c22-14-5-1-13(2-6-14)19-24-21-26(25-19)20(27)18(29-21)11-16-9-10-17(28-16)12-3-7-15(23)8-4-12/h1-11H/b18-11-. The van der Waals surface area contributed by atoms with Gasteiger partial charge in [-0.3, -0.25) is 4.79 Å². The summed E-state index contributed by atoms with van der Waals surface area (Å²) >= 11 is 4.64. The summed E-state index contributed by atoms with van der Waals surface area (Å²) in [4.78, 5) is 17.7. The first kappa shape index (κ1) is 18.0. The quantitative estimate of drug-likeness (QED) is 0.391. The highest BCUT2D eigenvalue weighted by molar-refractivity contribution is 9.10. The predicted octanol–water partition coefficient (Wildman–Crippen LogP) is 4.53. The molecule has 0 saturated heterocycles. The Morgan fingerprint density at radius 3 is 2.45 bits per heavy atom. The van der Waals surface area contributed by atoms with Crippen molar-refractivity contribution in [3.05, 3.63) is 91.6 Å². The first-order valence-electron chi connectivity index (χ1n) is 8.60. The molecule has 0 amide bonds. The Hall–Kier alpha value is -3.10. The van der Waals surface area contributed by atoms with Gasteiger partial charge in [0.1, 0.15) is 21.9 Å². The van der Waals surface area contributed by atoms with Crippen molar-refractivity contribution in [3.8, 4) is 22.7 Å². The van der Waals surface area contributed by atoms with Crippen molar-refractivity contribution in [1.29, 1.82) is 0 Å². The number of benzene rings is 2. The zero-order valence-electron chi connectivity index (χ0n) is 14.7. The molecule has 5 aromatic rings. The van der Waals surface area contributed by atoms with Crippen LogP contribution >= 0.6 is 27.3 Å². The van der Waals surface area contributed by atoms with Crippen LogP contribution in [0, 0.1) is 5.82 Å². The van der Waals surface area contributed by atoms with Crippen molar-refractivity contribution in [1.82, 2.24) is 14.6 Å². The fourth-order valence-electron chi connectivity index (χ4n) is 2.88. The van der Waals surface area contributed by atoms with E-state index in [1.54, 1.807) is 30.3 Å². The van der Waals surface area contributed by atoms with Crippen LogP contribution in [-0.2, 0) is 0 Å². The number of halogens is 2. The molecule has 0 atom stereocenters. The molecular weight excluding hydrogens is 457 g/mol. The van der Waals surface area contributed by atoms with Gasteiger partial charge in [0.05, 0.1) is 0 Å². The van der Waals surface area contributed by atoms with Crippen LogP contribution in [0.3, 0.4) is 0 Å². The van der Waals surface area contributed by atoms with Gasteiger partial charge >= 0.3 is 0 Å². The molecule has 3 heterocycles. The minimum absolute atomic E-state index is 0.249. The van der Waals surface area contributed by atoms with Crippen LogP contribution in [0.1, 0.15) is 5.76 Å². The Bertz CT molecular complexity index is 1440. The molecule has 0 fully saturated rings. The molecule has 0 bridgehead atoms. The molecule has 0 radical (unpaired) electrons. The molecule has 3 aromatic heterocycles. The van der Waals surface area contributed by atoms with Crippen LogP contribution < -0.4 is 10.1 Å². The zero-order valence-corrected chi connectivity index (χ0v) is 17.1. The first-order valence-corrected chi connectivity index (χ1v) is 10.2. The molecule has 0 aliphatic carbocycles. The number of nitrogens with zero attached hydrogens (tertiary/aromatic N) is 3. The Morgan fingerprint density at radius 2 is 1.72 bits per heavy atom. The van der Waals surface area contributed by atoms with E-state index in [4.69, 9.17) is 4.42 Å². The highest BCUT2D eigenvalue weighted by atomic mass is 79.9. The largest absolute Gasteiger partial charge is 0.457 e. The number of aromatic nitrogens is 3. The third kappa shape index (κ3) is 3.41. The average molecular weight is 468 g/mol. The van der Waals surface area contributed by atoms with Crippen molar-refractivity contribution in [2.75, 3.05) is 0 Å². The van der Waals surface area contributed by atoms with E-state index in [0.717, 1.165) is 15.6 Å². The maximum atomic E-state index is 13.1. The summed E-state index contributed by atoms with van der Waals surface area (Å²) in [6.07, 6.45) is 1.66. The third-order valence-electron chi connectivity index (χ3n) is 4.31. The van der Waals surface area contributed by atoms with Gasteiger partial charge in [-0.15, -0.1) is 5.10 Å². The fourth-order valence-corrected chi connectivity index (χ4v) is 4.04. The Morgan fingerprint density at radius 1 is 1.00 bits per heavy atom. The fraction of sp³-hybridized carbons (Fsp3) is 0. The van der Waals surface area contributed by atoms with Crippen LogP contribution in [0.5, 0.6) is 0 Å². The van der Waals surface area contributed by atoms with E-state index in [1.165, 1.54) is 28.0 Å².